The van der Waals surface area contributed by atoms with E-state index in [0.717, 1.165) is 17.6 Å². The average molecular weight is 340 g/mol. The highest BCUT2D eigenvalue weighted by Gasteiger charge is 2.32. The third-order valence-corrected chi connectivity index (χ3v) is 4.96. The molecule has 20 heavy (non-hydrogen) atoms. The zero-order valence-corrected chi connectivity index (χ0v) is 14.7. The highest BCUT2D eigenvalue weighted by Crippen LogP contribution is 2.33. The maximum atomic E-state index is 3.59. The Morgan fingerprint density at radius 2 is 2.05 bits per heavy atom. The topological polar surface area (TPSA) is 18.5 Å². The molecule has 3 nitrogen and oxygen atoms in total. The van der Waals surface area contributed by atoms with E-state index in [1.165, 1.54) is 11.3 Å². The van der Waals surface area contributed by atoms with Crippen LogP contribution in [0.15, 0.2) is 22.7 Å². The molecule has 1 aromatic carbocycles. The normalized spacial score (nSPS) is 24.4. The summed E-state index contributed by atoms with van der Waals surface area (Å²) in [6, 6.07) is 7.63. The first kappa shape index (κ1) is 15.8. The lowest BCUT2D eigenvalue weighted by Crippen LogP contribution is -2.34. The molecule has 0 amide bonds. The number of anilines is 1. The molecule has 4 heteroatoms. The number of nitrogens with zero attached hydrogens (tertiary/aromatic N) is 2. The van der Waals surface area contributed by atoms with E-state index in [2.05, 4.69) is 77.2 Å². The van der Waals surface area contributed by atoms with Crippen LogP contribution in [-0.4, -0.2) is 45.2 Å². The van der Waals surface area contributed by atoms with Crippen molar-refractivity contribution in [2.45, 2.75) is 25.9 Å². The number of benzene rings is 1. The molecule has 0 aliphatic carbocycles. The van der Waals surface area contributed by atoms with E-state index in [1.54, 1.807) is 0 Å². The number of likely N-dealkylation sites (N-methyl/N-ethyl adjacent to an activating group) is 1. The molecule has 3 unspecified atom stereocenters. The first-order chi connectivity index (χ1) is 9.43. The van der Waals surface area contributed by atoms with Gasteiger partial charge in [0.15, 0.2) is 0 Å². The van der Waals surface area contributed by atoms with Gasteiger partial charge < -0.3 is 15.1 Å². The average Bonchev–Trinajstić information content (AvgIpc) is 2.79. The SMILES string of the molecule is CNC(C)c1cc(Br)ccc1N1CC(C)C(N(C)C)C1. The molecule has 1 N–H and O–H groups in total. The molecule has 1 saturated heterocycles. The Labute approximate surface area is 131 Å². The van der Waals surface area contributed by atoms with E-state index in [0.29, 0.717) is 18.0 Å². The maximum absolute atomic E-state index is 3.59. The summed E-state index contributed by atoms with van der Waals surface area (Å²) in [5.41, 5.74) is 2.74. The van der Waals surface area contributed by atoms with Gasteiger partial charge in [-0.05, 0) is 57.7 Å². The van der Waals surface area contributed by atoms with Crippen molar-refractivity contribution >= 4 is 21.6 Å². The molecule has 0 radical (unpaired) electrons. The largest absolute Gasteiger partial charge is 0.369 e. The van der Waals surface area contributed by atoms with Crippen molar-refractivity contribution in [3.05, 3.63) is 28.2 Å². The standard InChI is InChI=1S/C16H26BrN3/c1-11-9-20(10-16(11)19(4)5)15-7-6-13(17)8-14(15)12(2)18-3/h6-8,11-12,16,18H,9-10H2,1-5H3. The van der Waals surface area contributed by atoms with Gasteiger partial charge >= 0.3 is 0 Å². The summed E-state index contributed by atoms with van der Waals surface area (Å²) < 4.78 is 1.15. The van der Waals surface area contributed by atoms with E-state index in [1.807, 2.05) is 7.05 Å². The van der Waals surface area contributed by atoms with Gasteiger partial charge in [-0.15, -0.1) is 0 Å². The second-order valence-corrected chi connectivity index (χ2v) is 7.04. The molecule has 1 aliphatic rings. The Kier molecular flexibility index (Phi) is 5.10. The van der Waals surface area contributed by atoms with Crippen LogP contribution in [0.1, 0.15) is 25.5 Å². The van der Waals surface area contributed by atoms with Crippen molar-refractivity contribution in [3.8, 4) is 0 Å². The minimum Gasteiger partial charge on any atom is -0.369 e. The first-order valence-corrected chi connectivity index (χ1v) is 8.11. The number of halogens is 1. The van der Waals surface area contributed by atoms with Crippen LogP contribution in [0.4, 0.5) is 5.69 Å². The van der Waals surface area contributed by atoms with Gasteiger partial charge in [-0.1, -0.05) is 22.9 Å². The fourth-order valence-electron chi connectivity index (χ4n) is 3.13. The van der Waals surface area contributed by atoms with Gasteiger partial charge in [0, 0.05) is 35.3 Å². The predicted molar refractivity (Wildman–Crippen MR) is 90.5 cm³/mol. The molecule has 0 saturated carbocycles. The van der Waals surface area contributed by atoms with Gasteiger partial charge in [0.1, 0.15) is 0 Å². The molecule has 1 heterocycles. The fourth-order valence-corrected chi connectivity index (χ4v) is 3.51. The zero-order valence-electron chi connectivity index (χ0n) is 13.2. The minimum atomic E-state index is 0.358. The Morgan fingerprint density at radius 3 is 2.60 bits per heavy atom. The van der Waals surface area contributed by atoms with Crippen molar-refractivity contribution in [2.24, 2.45) is 5.92 Å². The van der Waals surface area contributed by atoms with E-state index >= 15 is 0 Å². The molecule has 0 spiro atoms. The highest BCUT2D eigenvalue weighted by atomic mass is 79.9. The molecule has 3 atom stereocenters. The van der Waals surface area contributed by atoms with Crippen LogP contribution in [0.25, 0.3) is 0 Å². The summed E-state index contributed by atoms with van der Waals surface area (Å²) in [5, 5.41) is 3.36. The van der Waals surface area contributed by atoms with Crippen molar-refractivity contribution < 1.29 is 0 Å². The lowest BCUT2D eigenvalue weighted by molar-refractivity contribution is 0.266. The Hall–Kier alpha value is -0.580. The Morgan fingerprint density at radius 1 is 1.35 bits per heavy atom. The lowest BCUT2D eigenvalue weighted by atomic mass is 10.1. The molecule has 0 bridgehead atoms. The fraction of sp³-hybridized carbons (Fsp3) is 0.625. The summed E-state index contributed by atoms with van der Waals surface area (Å²) in [5.74, 6) is 0.700. The smallest absolute Gasteiger partial charge is 0.0416 e. The van der Waals surface area contributed by atoms with Gasteiger partial charge in [-0.25, -0.2) is 0 Å². The molecular weight excluding hydrogens is 314 g/mol. The monoisotopic (exact) mass is 339 g/mol. The summed E-state index contributed by atoms with van der Waals surface area (Å²) in [6.07, 6.45) is 0. The third-order valence-electron chi connectivity index (χ3n) is 4.47. The second-order valence-electron chi connectivity index (χ2n) is 6.13. The highest BCUT2D eigenvalue weighted by molar-refractivity contribution is 9.10. The Balaban J connectivity index is 2.29. The number of rotatable bonds is 4. The maximum Gasteiger partial charge on any atom is 0.0416 e. The van der Waals surface area contributed by atoms with Gasteiger partial charge in [0.25, 0.3) is 0 Å². The van der Waals surface area contributed by atoms with Crippen molar-refractivity contribution in [3.63, 3.8) is 0 Å². The second kappa shape index (κ2) is 6.46. The Bertz CT molecular complexity index is 461. The molecule has 0 aromatic heterocycles. The van der Waals surface area contributed by atoms with Crippen LogP contribution in [0.2, 0.25) is 0 Å². The molecule has 2 rings (SSSR count). The summed E-state index contributed by atoms with van der Waals surface area (Å²) in [4.78, 5) is 4.88. The number of hydrogen-bond acceptors (Lipinski definition) is 3. The van der Waals surface area contributed by atoms with Crippen LogP contribution in [0, 0.1) is 5.92 Å². The van der Waals surface area contributed by atoms with Gasteiger partial charge in [0.05, 0.1) is 0 Å². The quantitative estimate of drug-likeness (QED) is 0.909. The van der Waals surface area contributed by atoms with Crippen LogP contribution in [-0.2, 0) is 0 Å². The van der Waals surface area contributed by atoms with Crippen molar-refractivity contribution in [1.82, 2.24) is 10.2 Å². The minimum absolute atomic E-state index is 0.358. The number of nitrogens with one attached hydrogen (secondary N) is 1. The van der Waals surface area contributed by atoms with Crippen LogP contribution in [0.3, 0.4) is 0 Å². The molecule has 112 valence electrons. The molecule has 1 fully saturated rings. The van der Waals surface area contributed by atoms with Crippen LogP contribution < -0.4 is 10.2 Å². The molecule has 1 aromatic rings. The third kappa shape index (κ3) is 3.18. The zero-order chi connectivity index (χ0) is 14.9. The molecule has 1 aliphatic heterocycles. The van der Waals surface area contributed by atoms with Crippen LogP contribution in [0.5, 0.6) is 0 Å². The predicted octanol–water partition coefficient (Wildman–Crippen LogP) is 3.12. The van der Waals surface area contributed by atoms with Crippen LogP contribution >= 0.6 is 15.9 Å². The summed E-state index contributed by atoms with van der Waals surface area (Å²) in [6.45, 7) is 6.81. The van der Waals surface area contributed by atoms with E-state index in [-0.39, 0.29) is 0 Å². The summed E-state index contributed by atoms with van der Waals surface area (Å²) >= 11 is 3.59. The van der Waals surface area contributed by atoms with E-state index < -0.39 is 0 Å². The molecular formula is C16H26BrN3. The lowest BCUT2D eigenvalue weighted by Gasteiger charge is -2.26. The summed E-state index contributed by atoms with van der Waals surface area (Å²) in [7, 11) is 6.39. The van der Waals surface area contributed by atoms with Gasteiger partial charge in [-0.3, -0.25) is 0 Å². The number of hydrogen-bond donors (Lipinski definition) is 1. The van der Waals surface area contributed by atoms with Gasteiger partial charge in [0.2, 0.25) is 0 Å². The van der Waals surface area contributed by atoms with Crippen molar-refractivity contribution in [1.29, 1.82) is 0 Å². The van der Waals surface area contributed by atoms with E-state index in [4.69, 9.17) is 0 Å². The van der Waals surface area contributed by atoms with Gasteiger partial charge in [-0.2, -0.15) is 0 Å². The van der Waals surface area contributed by atoms with Crippen molar-refractivity contribution in [2.75, 3.05) is 39.1 Å². The first-order valence-electron chi connectivity index (χ1n) is 7.32. The van der Waals surface area contributed by atoms with E-state index in [9.17, 15) is 0 Å².